The van der Waals surface area contributed by atoms with Crippen LogP contribution in [0.15, 0.2) is 12.1 Å². The molecule has 0 bridgehead atoms. The average molecular weight is 591 g/mol. The van der Waals surface area contributed by atoms with Crippen LogP contribution in [0.3, 0.4) is 0 Å². The molecule has 1 aromatic carbocycles. The fourth-order valence-corrected chi connectivity index (χ4v) is 4.38. The van der Waals surface area contributed by atoms with Crippen LogP contribution < -0.4 is 0 Å². The third-order valence-electron chi connectivity index (χ3n) is 7.04. The molecule has 0 aliphatic heterocycles. The largest absolute Gasteiger partial charge is 0.462 e. The van der Waals surface area contributed by atoms with Crippen LogP contribution >= 0.6 is 0 Å². The molecule has 0 fully saturated rings. The summed E-state index contributed by atoms with van der Waals surface area (Å²) < 4.78 is 22.2. The second-order valence-electron chi connectivity index (χ2n) is 11.1. The van der Waals surface area contributed by atoms with E-state index in [4.69, 9.17) is 18.9 Å². The van der Waals surface area contributed by atoms with Gasteiger partial charge >= 0.3 is 23.9 Å². The molecule has 0 spiro atoms. The summed E-state index contributed by atoms with van der Waals surface area (Å²) in [5.74, 6) is -3.04. The number of hydrogen-bond donors (Lipinski definition) is 0. The zero-order chi connectivity index (χ0) is 31.3. The maximum absolute atomic E-state index is 13.4. The molecule has 0 aliphatic rings. The van der Waals surface area contributed by atoms with Crippen molar-refractivity contribution in [2.45, 2.75) is 144 Å². The van der Waals surface area contributed by atoms with Crippen molar-refractivity contribution in [3.63, 3.8) is 0 Å². The molecule has 1 aromatic rings. The van der Waals surface area contributed by atoms with Gasteiger partial charge in [0, 0.05) is 0 Å². The van der Waals surface area contributed by atoms with Crippen LogP contribution in [0.1, 0.15) is 173 Å². The Kier molecular flexibility index (Phi) is 19.2. The molecule has 2 atom stereocenters. The Bertz CT molecular complexity index is 894. The summed E-state index contributed by atoms with van der Waals surface area (Å²) in [6.07, 6.45) is 11.8. The first-order chi connectivity index (χ1) is 20.2. The lowest BCUT2D eigenvalue weighted by Crippen LogP contribution is -2.24. The molecule has 0 heterocycles. The van der Waals surface area contributed by atoms with E-state index in [0.717, 1.165) is 64.2 Å². The fraction of sp³-hybridized carbons (Fsp3) is 0.706. The number of carbonyl (C=O) groups excluding carboxylic acids is 4. The second kappa shape index (κ2) is 21.8. The zero-order valence-electron chi connectivity index (χ0n) is 26.9. The summed E-state index contributed by atoms with van der Waals surface area (Å²) >= 11 is 0. The highest BCUT2D eigenvalue weighted by molar-refractivity contribution is 6.10. The summed E-state index contributed by atoms with van der Waals surface area (Å²) in [6.45, 7) is 12.1. The van der Waals surface area contributed by atoms with E-state index in [1.165, 1.54) is 12.1 Å². The minimum atomic E-state index is -0.767. The molecule has 0 saturated carbocycles. The van der Waals surface area contributed by atoms with Gasteiger partial charge in [-0.05, 0) is 64.5 Å². The summed E-state index contributed by atoms with van der Waals surface area (Å²) in [6, 6.07) is 2.44. The van der Waals surface area contributed by atoms with Crippen LogP contribution in [-0.2, 0) is 18.9 Å². The molecule has 8 heteroatoms. The maximum Gasteiger partial charge on any atom is 0.339 e. The van der Waals surface area contributed by atoms with Gasteiger partial charge in [-0.15, -0.1) is 0 Å². The number of esters is 4. The molecule has 0 saturated heterocycles. The number of rotatable bonds is 22. The van der Waals surface area contributed by atoms with E-state index in [1.807, 2.05) is 13.8 Å². The Morgan fingerprint density at radius 2 is 0.833 bits per heavy atom. The van der Waals surface area contributed by atoms with Crippen molar-refractivity contribution >= 4 is 23.9 Å². The topological polar surface area (TPSA) is 105 Å². The van der Waals surface area contributed by atoms with Crippen molar-refractivity contribution in [1.29, 1.82) is 0 Å². The third-order valence-corrected chi connectivity index (χ3v) is 7.04. The lowest BCUT2D eigenvalue weighted by molar-refractivity contribution is 0.0269. The van der Waals surface area contributed by atoms with Crippen molar-refractivity contribution in [2.24, 2.45) is 0 Å². The fourth-order valence-electron chi connectivity index (χ4n) is 4.38. The van der Waals surface area contributed by atoms with Crippen molar-refractivity contribution in [3.05, 3.63) is 34.4 Å². The first kappa shape index (κ1) is 37.1. The van der Waals surface area contributed by atoms with Gasteiger partial charge in [0.1, 0.15) is 0 Å². The summed E-state index contributed by atoms with van der Waals surface area (Å²) in [4.78, 5) is 53.1. The molecule has 42 heavy (non-hydrogen) atoms. The Morgan fingerprint density at radius 3 is 1.17 bits per heavy atom. The number of ether oxygens (including phenoxy) is 4. The Hall–Kier alpha value is -2.90. The molecule has 0 amide bonds. The number of hydrogen-bond acceptors (Lipinski definition) is 8. The van der Waals surface area contributed by atoms with E-state index in [-0.39, 0.29) is 35.5 Å². The molecule has 0 radical (unpaired) electrons. The van der Waals surface area contributed by atoms with Gasteiger partial charge in [0.15, 0.2) is 0 Å². The van der Waals surface area contributed by atoms with Crippen molar-refractivity contribution in [3.8, 4) is 0 Å². The van der Waals surface area contributed by atoms with Gasteiger partial charge < -0.3 is 18.9 Å². The average Bonchev–Trinajstić information content (AvgIpc) is 2.96. The smallest absolute Gasteiger partial charge is 0.339 e. The quantitative estimate of drug-likeness (QED) is 0.0750. The van der Waals surface area contributed by atoms with Gasteiger partial charge in [-0.25, -0.2) is 19.2 Å². The lowest BCUT2D eigenvalue weighted by atomic mass is 9.97. The van der Waals surface area contributed by atoms with E-state index in [0.29, 0.717) is 25.7 Å². The summed E-state index contributed by atoms with van der Waals surface area (Å²) in [5, 5.41) is 0. The van der Waals surface area contributed by atoms with Crippen LogP contribution in [0, 0.1) is 0 Å². The first-order valence-corrected chi connectivity index (χ1v) is 16.1. The third kappa shape index (κ3) is 13.8. The summed E-state index contributed by atoms with van der Waals surface area (Å²) in [7, 11) is 0. The van der Waals surface area contributed by atoms with E-state index in [9.17, 15) is 19.2 Å². The monoisotopic (exact) mass is 590 g/mol. The highest BCUT2D eigenvalue weighted by Gasteiger charge is 2.30. The van der Waals surface area contributed by atoms with E-state index < -0.39 is 36.1 Å². The maximum atomic E-state index is 13.4. The Morgan fingerprint density at radius 1 is 0.500 bits per heavy atom. The zero-order valence-corrected chi connectivity index (χ0v) is 26.9. The van der Waals surface area contributed by atoms with Gasteiger partial charge in [0.25, 0.3) is 0 Å². The van der Waals surface area contributed by atoms with Crippen LogP contribution in [0.25, 0.3) is 0 Å². The molecule has 0 aliphatic carbocycles. The second-order valence-corrected chi connectivity index (χ2v) is 11.1. The highest BCUT2D eigenvalue weighted by Crippen LogP contribution is 2.24. The highest BCUT2D eigenvalue weighted by atomic mass is 16.6. The predicted octanol–water partition coefficient (Wildman–Crippen LogP) is 8.63. The normalized spacial score (nSPS) is 12.3. The van der Waals surface area contributed by atoms with Crippen LogP contribution in [0.2, 0.25) is 0 Å². The molecule has 2 unspecified atom stereocenters. The van der Waals surface area contributed by atoms with Gasteiger partial charge in [0.2, 0.25) is 0 Å². The number of benzene rings is 1. The molecule has 238 valence electrons. The lowest BCUT2D eigenvalue weighted by Gasteiger charge is -2.19. The molecular weight excluding hydrogens is 536 g/mol. The van der Waals surface area contributed by atoms with Crippen molar-refractivity contribution in [2.75, 3.05) is 13.2 Å². The number of unbranched alkanes of at least 4 members (excludes halogenated alkanes) is 8. The molecule has 0 N–H and O–H groups in total. The van der Waals surface area contributed by atoms with Gasteiger partial charge in [0.05, 0.1) is 47.7 Å². The Balaban J connectivity index is 3.44. The molecule has 0 aromatic heterocycles. The van der Waals surface area contributed by atoms with E-state index in [2.05, 4.69) is 13.8 Å². The minimum absolute atomic E-state index is 0.133. The van der Waals surface area contributed by atoms with Gasteiger partial charge in [-0.2, -0.15) is 0 Å². The number of carbonyl (C=O) groups is 4. The van der Waals surface area contributed by atoms with Crippen molar-refractivity contribution in [1.82, 2.24) is 0 Å². The van der Waals surface area contributed by atoms with E-state index in [1.54, 1.807) is 13.8 Å². The summed E-state index contributed by atoms with van der Waals surface area (Å²) in [5.41, 5.74) is -0.545. The van der Waals surface area contributed by atoms with Crippen LogP contribution in [0.5, 0.6) is 0 Å². The van der Waals surface area contributed by atoms with E-state index >= 15 is 0 Å². The van der Waals surface area contributed by atoms with Crippen molar-refractivity contribution < 1.29 is 38.1 Å². The standard InChI is InChI=1S/C34H54O8/c1-7-11-15-17-19-25(5)41-33(37)29-23-27(31(35)39-21-13-9-3)28(32(36)40-22-14-10-4)24-30(29)34(38)42-26(6)20-18-16-12-8-2/h23-26H,7-22H2,1-6H3. The molecular formula is C34H54O8. The van der Waals surface area contributed by atoms with Gasteiger partial charge in [-0.3, -0.25) is 0 Å². The Labute approximate surface area is 253 Å². The SMILES string of the molecule is CCCCCCC(C)OC(=O)c1cc(C(=O)OCCCC)c(C(=O)OCCCC)cc1C(=O)OC(C)CCCCCC. The van der Waals surface area contributed by atoms with Crippen LogP contribution in [0.4, 0.5) is 0 Å². The molecule has 1 rings (SSSR count). The van der Waals surface area contributed by atoms with Gasteiger partial charge in [-0.1, -0.05) is 79.1 Å². The predicted molar refractivity (Wildman–Crippen MR) is 164 cm³/mol. The first-order valence-electron chi connectivity index (χ1n) is 16.1. The minimum Gasteiger partial charge on any atom is -0.462 e. The molecule has 8 nitrogen and oxygen atoms in total. The van der Waals surface area contributed by atoms with Crippen LogP contribution in [-0.4, -0.2) is 49.3 Å².